The lowest BCUT2D eigenvalue weighted by Crippen LogP contribution is -1.99. The predicted octanol–water partition coefficient (Wildman–Crippen LogP) is 2.06. The number of aromatic nitrogens is 4. The maximum Gasteiger partial charge on any atom is 0.271 e. The molecule has 0 aliphatic rings. The Kier molecular flexibility index (Phi) is 5.30. The predicted molar refractivity (Wildman–Crippen MR) is 88.1 cm³/mol. The summed E-state index contributed by atoms with van der Waals surface area (Å²) in [5, 5.41) is 32.0. The Morgan fingerprint density at radius 3 is 2.08 bits per heavy atom. The Labute approximate surface area is 141 Å². The molecule has 0 saturated heterocycles. The molecule has 2 N–H and O–H groups in total. The van der Waals surface area contributed by atoms with Crippen molar-refractivity contribution in [3.63, 3.8) is 0 Å². The Hall–Kier alpha value is -3.89. The number of aryl methyl sites for hydroxylation is 1. The van der Waals surface area contributed by atoms with Crippen molar-refractivity contribution in [2.45, 2.75) is 6.92 Å². The monoisotopic (exact) mass is 343 g/mol. The van der Waals surface area contributed by atoms with Crippen LogP contribution in [0.5, 0.6) is 0 Å². The van der Waals surface area contributed by atoms with E-state index >= 15 is 0 Å². The van der Waals surface area contributed by atoms with Gasteiger partial charge in [-0.1, -0.05) is 12.1 Å². The van der Waals surface area contributed by atoms with Crippen LogP contribution in [-0.4, -0.2) is 30.1 Å². The van der Waals surface area contributed by atoms with E-state index in [2.05, 4.69) is 15.4 Å². The van der Waals surface area contributed by atoms with Crippen LogP contribution in [0.3, 0.4) is 0 Å². The van der Waals surface area contributed by atoms with E-state index in [1.165, 1.54) is 29.1 Å². The normalized spacial score (nSPS) is 9.80. The van der Waals surface area contributed by atoms with Gasteiger partial charge in [0.25, 0.3) is 11.4 Å². The van der Waals surface area contributed by atoms with E-state index in [4.69, 9.17) is 5.73 Å². The van der Waals surface area contributed by atoms with Crippen molar-refractivity contribution >= 4 is 17.1 Å². The Morgan fingerprint density at radius 1 is 1.00 bits per heavy atom. The first-order chi connectivity index (χ1) is 11.9. The summed E-state index contributed by atoms with van der Waals surface area (Å²) >= 11 is 0. The van der Waals surface area contributed by atoms with Gasteiger partial charge in [-0.05, 0) is 24.3 Å². The number of nitro groups is 2. The summed E-state index contributed by atoms with van der Waals surface area (Å²) in [6, 6.07) is 11.9. The van der Waals surface area contributed by atoms with Gasteiger partial charge in [0.05, 0.1) is 15.5 Å². The second-order valence-electron chi connectivity index (χ2n) is 4.76. The topological polar surface area (TPSA) is 156 Å². The Balaban J connectivity index is 0.000000196. The Bertz CT molecular complexity index is 909. The highest BCUT2D eigenvalue weighted by Crippen LogP contribution is 2.15. The number of rotatable bonds is 3. The van der Waals surface area contributed by atoms with Gasteiger partial charge in [-0.25, -0.2) is 0 Å². The average Bonchev–Trinajstić information content (AvgIpc) is 3.02. The van der Waals surface area contributed by atoms with Crippen molar-refractivity contribution in [1.82, 2.24) is 20.2 Å². The van der Waals surface area contributed by atoms with Crippen molar-refractivity contribution < 1.29 is 9.85 Å². The summed E-state index contributed by atoms with van der Waals surface area (Å²) in [5.74, 6) is 0.515. The second kappa shape index (κ2) is 7.59. The summed E-state index contributed by atoms with van der Waals surface area (Å²) in [4.78, 5) is 20.9. The van der Waals surface area contributed by atoms with Crippen molar-refractivity contribution in [3.8, 4) is 5.69 Å². The zero-order valence-corrected chi connectivity index (χ0v) is 13.0. The lowest BCUT2D eigenvalue weighted by Gasteiger charge is -1.97. The highest BCUT2D eigenvalue weighted by molar-refractivity contribution is 5.46. The number of nitro benzene ring substituents is 2. The summed E-state index contributed by atoms with van der Waals surface area (Å²) in [5.41, 5.74) is 6.25. The molecule has 25 heavy (non-hydrogen) atoms. The maximum atomic E-state index is 10.5. The minimum Gasteiger partial charge on any atom is -0.399 e. The lowest BCUT2D eigenvalue weighted by atomic mass is 10.3. The molecule has 1 aromatic heterocycles. The second-order valence-corrected chi connectivity index (χ2v) is 4.76. The first-order valence-corrected chi connectivity index (χ1v) is 6.88. The molecule has 0 aliphatic carbocycles. The van der Waals surface area contributed by atoms with E-state index in [9.17, 15) is 20.2 Å². The van der Waals surface area contributed by atoms with E-state index in [0.717, 1.165) is 0 Å². The van der Waals surface area contributed by atoms with Crippen LogP contribution in [0.4, 0.5) is 17.1 Å². The molecule has 0 spiro atoms. The van der Waals surface area contributed by atoms with E-state index in [-0.39, 0.29) is 11.4 Å². The van der Waals surface area contributed by atoms with Crippen LogP contribution in [0.1, 0.15) is 5.82 Å². The number of anilines is 1. The number of tetrazole rings is 1. The molecule has 1 heterocycles. The van der Waals surface area contributed by atoms with Gasteiger partial charge < -0.3 is 5.73 Å². The number of benzene rings is 2. The molecule has 0 saturated carbocycles. The molecule has 0 atom stereocenters. The average molecular weight is 343 g/mol. The fourth-order valence-corrected chi connectivity index (χ4v) is 1.76. The molecule has 3 rings (SSSR count). The van der Waals surface area contributed by atoms with Crippen LogP contribution >= 0.6 is 0 Å². The van der Waals surface area contributed by atoms with Crippen molar-refractivity contribution in [2.75, 3.05) is 5.73 Å². The number of non-ortho nitro benzene ring substituents is 2. The number of hydrogen-bond acceptors (Lipinski definition) is 8. The smallest absolute Gasteiger partial charge is 0.271 e. The zero-order chi connectivity index (χ0) is 18.4. The minimum atomic E-state index is -0.476. The van der Waals surface area contributed by atoms with Crippen molar-refractivity contribution in [1.29, 1.82) is 0 Å². The summed E-state index contributed by atoms with van der Waals surface area (Å²) in [6.07, 6.45) is 0. The lowest BCUT2D eigenvalue weighted by molar-refractivity contribution is -0.385. The summed E-state index contributed by atoms with van der Waals surface area (Å²) in [6.45, 7) is 1.70. The molecule has 2 aromatic carbocycles. The summed E-state index contributed by atoms with van der Waals surface area (Å²) < 4.78 is 0. The SMILES string of the molecule is Cc1nnn(-c2cccc([N+](=O)[O-])c2)n1.Nc1cccc([N+](=O)[O-])c1. The molecule has 11 nitrogen and oxygen atoms in total. The first-order valence-electron chi connectivity index (χ1n) is 6.88. The maximum absolute atomic E-state index is 10.5. The molecule has 128 valence electrons. The van der Waals surface area contributed by atoms with Gasteiger partial charge in [0.1, 0.15) is 0 Å². The largest absolute Gasteiger partial charge is 0.399 e. The van der Waals surface area contributed by atoms with Gasteiger partial charge in [0.2, 0.25) is 0 Å². The molecule has 0 radical (unpaired) electrons. The minimum absolute atomic E-state index is 0.00227. The standard InChI is InChI=1S/C8H7N5O2.C6H6N2O2/c1-6-9-11-12(10-6)7-3-2-4-8(5-7)13(14)15;7-5-2-1-3-6(4-5)8(9)10/h2-5H,1H3;1-4H,7H2. The van der Waals surface area contributed by atoms with Gasteiger partial charge in [-0.3, -0.25) is 20.2 Å². The fourth-order valence-electron chi connectivity index (χ4n) is 1.76. The van der Waals surface area contributed by atoms with E-state index in [1.54, 1.807) is 31.2 Å². The van der Waals surface area contributed by atoms with Crippen molar-refractivity contribution in [3.05, 3.63) is 74.6 Å². The first kappa shape index (κ1) is 17.5. The van der Waals surface area contributed by atoms with Crippen LogP contribution in [0.15, 0.2) is 48.5 Å². The van der Waals surface area contributed by atoms with E-state index in [0.29, 0.717) is 17.2 Å². The molecule has 3 aromatic rings. The molecule has 0 aliphatic heterocycles. The third kappa shape index (κ3) is 4.79. The third-order valence-electron chi connectivity index (χ3n) is 2.87. The number of hydrogen-bond donors (Lipinski definition) is 1. The van der Waals surface area contributed by atoms with Gasteiger partial charge in [0, 0.05) is 30.0 Å². The van der Waals surface area contributed by atoms with Crippen LogP contribution in [0.25, 0.3) is 5.69 Å². The molecule has 0 unspecified atom stereocenters. The van der Waals surface area contributed by atoms with E-state index in [1.807, 2.05) is 0 Å². The molecule has 0 amide bonds. The fraction of sp³-hybridized carbons (Fsp3) is 0.0714. The van der Waals surface area contributed by atoms with Crippen LogP contribution in [-0.2, 0) is 0 Å². The molecule has 0 fully saturated rings. The van der Waals surface area contributed by atoms with Crippen LogP contribution in [0, 0.1) is 27.2 Å². The van der Waals surface area contributed by atoms with Gasteiger partial charge in [-0.2, -0.15) is 0 Å². The highest BCUT2D eigenvalue weighted by atomic mass is 16.6. The molecular weight excluding hydrogens is 330 g/mol. The molecule has 0 bridgehead atoms. The highest BCUT2D eigenvalue weighted by Gasteiger charge is 2.08. The van der Waals surface area contributed by atoms with Gasteiger partial charge >= 0.3 is 0 Å². The van der Waals surface area contributed by atoms with Gasteiger partial charge in [-0.15, -0.1) is 15.0 Å². The third-order valence-corrected chi connectivity index (χ3v) is 2.87. The number of nitrogens with zero attached hydrogens (tertiary/aromatic N) is 6. The van der Waals surface area contributed by atoms with Gasteiger partial charge in [0.15, 0.2) is 5.82 Å². The molecular formula is C14H13N7O4. The van der Waals surface area contributed by atoms with Crippen LogP contribution < -0.4 is 5.73 Å². The Morgan fingerprint density at radius 2 is 1.60 bits per heavy atom. The van der Waals surface area contributed by atoms with Crippen molar-refractivity contribution in [2.24, 2.45) is 0 Å². The number of nitrogens with two attached hydrogens (primary N) is 1. The zero-order valence-electron chi connectivity index (χ0n) is 13.0. The summed E-state index contributed by atoms with van der Waals surface area (Å²) in [7, 11) is 0. The molecule has 11 heteroatoms. The van der Waals surface area contributed by atoms with Crippen LogP contribution in [0.2, 0.25) is 0 Å². The quantitative estimate of drug-likeness (QED) is 0.430. The van der Waals surface area contributed by atoms with E-state index < -0.39 is 9.85 Å². The number of nitrogen functional groups attached to an aromatic ring is 1.